The van der Waals surface area contributed by atoms with Gasteiger partial charge in [0.05, 0.1) is 47.7 Å². The number of nitrogens with zero attached hydrogens (tertiary/aromatic N) is 6. The highest BCUT2D eigenvalue weighted by Crippen LogP contribution is 2.27. The number of carbonyl (C=O) groups is 4. The van der Waals surface area contributed by atoms with Gasteiger partial charge in [0.1, 0.15) is 9.79 Å². The van der Waals surface area contributed by atoms with E-state index in [-0.39, 0.29) is 69.0 Å². The van der Waals surface area contributed by atoms with Crippen LogP contribution in [-0.2, 0) is 42.5 Å². The Bertz CT molecular complexity index is 3020. The molecular formula is C43H42Cl2N10O8S2. The summed E-state index contributed by atoms with van der Waals surface area (Å²) in [7, 11) is -8.32. The number of sulfonamides is 2. The lowest BCUT2D eigenvalue weighted by Crippen LogP contribution is -2.41. The van der Waals surface area contributed by atoms with Gasteiger partial charge in [0.15, 0.2) is 0 Å². The molecule has 4 aromatic carbocycles. The zero-order valence-corrected chi connectivity index (χ0v) is 37.6. The summed E-state index contributed by atoms with van der Waals surface area (Å²) in [5.74, 6) is -1.05. The number of aromatic nitrogens is 4. The molecule has 18 nitrogen and oxygen atoms in total. The van der Waals surface area contributed by atoms with Crippen LogP contribution in [0, 0.1) is 0 Å². The predicted octanol–water partition coefficient (Wildman–Crippen LogP) is 4.79. The number of halogens is 2. The van der Waals surface area contributed by atoms with Crippen molar-refractivity contribution in [3.8, 4) is 11.4 Å². The highest BCUT2D eigenvalue weighted by Gasteiger charge is 2.26. The Balaban J connectivity index is 0.000000194. The largest absolute Gasteiger partial charge is 0.339 e. The topological polar surface area (TPSA) is 255 Å². The van der Waals surface area contributed by atoms with Crippen LogP contribution in [0.3, 0.4) is 0 Å². The van der Waals surface area contributed by atoms with Crippen LogP contribution in [0.5, 0.6) is 0 Å². The van der Waals surface area contributed by atoms with Gasteiger partial charge in [-0.3, -0.25) is 19.2 Å². The number of nitrogens with one attached hydrogen (secondary N) is 2. The van der Waals surface area contributed by atoms with Crippen molar-refractivity contribution in [1.29, 1.82) is 0 Å². The van der Waals surface area contributed by atoms with Crippen LogP contribution in [0.1, 0.15) is 51.1 Å². The highest BCUT2D eigenvalue weighted by atomic mass is 35.5. The Morgan fingerprint density at radius 1 is 0.569 bits per heavy atom. The van der Waals surface area contributed by atoms with E-state index in [1.54, 1.807) is 58.3 Å². The second kappa shape index (κ2) is 19.8. The maximum atomic E-state index is 12.6. The molecule has 0 atom stereocenters. The maximum absolute atomic E-state index is 12.6. The predicted molar refractivity (Wildman–Crippen MR) is 243 cm³/mol. The molecule has 2 fully saturated rings. The maximum Gasteiger partial charge on any atom is 0.257 e. The van der Waals surface area contributed by atoms with Crippen LogP contribution in [0.15, 0.2) is 120 Å². The molecule has 4 heterocycles. The van der Waals surface area contributed by atoms with E-state index in [1.807, 2.05) is 0 Å². The van der Waals surface area contributed by atoms with Crippen molar-refractivity contribution in [3.63, 3.8) is 0 Å². The van der Waals surface area contributed by atoms with E-state index in [0.717, 1.165) is 19.3 Å². The summed E-state index contributed by atoms with van der Waals surface area (Å²) >= 11 is 12.2. The summed E-state index contributed by atoms with van der Waals surface area (Å²) < 4.78 is 51.6. The molecule has 0 radical (unpaired) electrons. The number of hydrogen-bond acceptors (Lipinski definition) is 10. The third-order valence-corrected chi connectivity index (χ3v) is 13.0. The van der Waals surface area contributed by atoms with Crippen molar-refractivity contribution in [2.75, 3.05) is 36.8 Å². The fourth-order valence-corrected chi connectivity index (χ4v) is 8.89. The molecular weight excluding hydrogens is 920 g/mol. The second-order valence-electron chi connectivity index (χ2n) is 15.1. The van der Waals surface area contributed by atoms with Gasteiger partial charge in [-0.2, -0.15) is 10.2 Å². The number of nitrogens with two attached hydrogens (primary N) is 2. The molecule has 2 aliphatic rings. The summed E-state index contributed by atoms with van der Waals surface area (Å²) in [6, 6.07) is 22.4. The van der Waals surface area contributed by atoms with Gasteiger partial charge in [-0.05, 0) is 78.9 Å². The molecule has 0 spiro atoms. The minimum atomic E-state index is -4.16. The van der Waals surface area contributed by atoms with E-state index in [2.05, 4.69) is 20.8 Å². The number of primary sulfonamides is 2. The molecule has 2 aliphatic heterocycles. The lowest BCUT2D eigenvalue weighted by Gasteiger charge is -2.30. The van der Waals surface area contributed by atoms with Crippen molar-refractivity contribution >= 4 is 78.3 Å². The van der Waals surface area contributed by atoms with Crippen molar-refractivity contribution in [2.24, 2.45) is 10.3 Å². The van der Waals surface area contributed by atoms with Crippen LogP contribution in [0.4, 0.5) is 11.4 Å². The first kappa shape index (κ1) is 46.6. The molecule has 4 amide bonds. The quantitative estimate of drug-likeness (QED) is 0.130. The van der Waals surface area contributed by atoms with E-state index in [9.17, 15) is 36.0 Å². The third-order valence-electron chi connectivity index (χ3n) is 10.4. The molecule has 0 aliphatic carbocycles. The van der Waals surface area contributed by atoms with Crippen molar-refractivity contribution < 1.29 is 36.0 Å². The minimum Gasteiger partial charge on any atom is -0.339 e. The Kier molecular flexibility index (Phi) is 14.2. The average molecular weight is 962 g/mol. The van der Waals surface area contributed by atoms with Crippen molar-refractivity contribution in [2.45, 2.75) is 41.9 Å². The van der Waals surface area contributed by atoms with Crippen LogP contribution in [-0.4, -0.2) is 96.0 Å². The average Bonchev–Trinajstić information content (AvgIpc) is 4.05. The minimum absolute atomic E-state index is 0.0211. The molecule has 0 saturated carbocycles. The standard InChI is InChI=1S/C22H22ClN5O4S.C21H20ClN5O4S/c23-18-6-2-1-5-15(18)11-21(29)26-17-7-8-19(20(12-17)33(24,31)32)28-14-16(13-25-28)22(30)27-9-3-4-10-27;22-17-5-2-1-4-14(17)10-20(28)25-16-6-7-18(19(11-16)32(23,30)31)27-13-15(12-24-27)21(29)26-8-3-9-26/h1-2,5-8,12-14H,3-4,9-11H2,(H,26,29)(H2,24,31,32);1-2,4-7,11-13H,3,8-10H2,(H,25,28)(H2,23,30,31). The lowest BCUT2D eigenvalue weighted by molar-refractivity contribution is -0.116. The number of likely N-dealkylation sites (tertiary alicyclic amines) is 2. The molecule has 22 heteroatoms. The zero-order valence-electron chi connectivity index (χ0n) is 34.4. The van der Waals surface area contributed by atoms with E-state index < -0.39 is 20.0 Å². The lowest BCUT2D eigenvalue weighted by atomic mass is 10.1. The first-order valence-electron chi connectivity index (χ1n) is 20.0. The van der Waals surface area contributed by atoms with Crippen LogP contribution in [0.2, 0.25) is 10.0 Å². The molecule has 338 valence electrons. The smallest absolute Gasteiger partial charge is 0.257 e. The van der Waals surface area contributed by atoms with E-state index >= 15 is 0 Å². The number of benzene rings is 4. The fourth-order valence-electron chi connectivity index (χ4n) is 6.99. The molecule has 2 saturated heterocycles. The van der Waals surface area contributed by atoms with Crippen molar-refractivity contribution in [1.82, 2.24) is 29.4 Å². The van der Waals surface area contributed by atoms with E-state index in [4.69, 9.17) is 33.5 Å². The molecule has 8 rings (SSSR count). The van der Waals surface area contributed by atoms with E-state index in [1.165, 1.54) is 70.5 Å². The number of hydrogen-bond donors (Lipinski definition) is 4. The Morgan fingerprint density at radius 3 is 1.31 bits per heavy atom. The zero-order chi connectivity index (χ0) is 46.5. The Labute approximate surface area is 384 Å². The number of anilines is 2. The van der Waals surface area contributed by atoms with Gasteiger partial charge < -0.3 is 20.4 Å². The molecule has 0 unspecified atom stereocenters. The number of carbonyl (C=O) groups excluding carboxylic acids is 4. The second-order valence-corrected chi connectivity index (χ2v) is 19.0. The number of amides is 4. The summed E-state index contributed by atoms with van der Waals surface area (Å²) in [4.78, 5) is 52.8. The summed E-state index contributed by atoms with van der Waals surface area (Å²) in [6.07, 6.45) is 8.62. The van der Waals surface area contributed by atoms with Gasteiger partial charge in [0.2, 0.25) is 31.9 Å². The third kappa shape index (κ3) is 11.5. The SMILES string of the molecule is NS(=O)(=O)c1cc(NC(=O)Cc2ccccc2Cl)ccc1-n1cc(C(=O)N2CCC2)cn1.NS(=O)(=O)c1cc(NC(=O)Cc2ccccc2Cl)ccc1-n1cc(C(=O)N2CCCC2)cn1. The highest BCUT2D eigenvalue weighted by molar-refractivity contribution is 7.89. The normalized spacial score (nSPS) is 13.7. The molecule has 6 aromatic rings. The van der Waals surface area contributed by atoms with Crippen LogP contribution in [0.25, 0.3) is 11.4 Å². The van der Waals surface area contributed by atoms with Gasteiger partial charge in [-0.1, -0.05) is 59.6 Å². The van der Waals surface area contributed by atoms with Crippen molar-refractivity contribution in [3.05, 3.63) is 142 Å². The fraction of sp³-hybridized carbons (Fsp3) is 0.209. The molecule has 0 bridgehead atoms. The number of rotatable bonds is 12. The molecule has 2 aromatic heterocycles. The van der Waals surface area contributed by atoms with Crippen LogP contribution >= 0.6 is 23.2 Å². The Morgan fingerprint density at radius 2 is 0.954 bits per heavy atom. The van der Waals surface area contributed by atoms with Gasteiger partial charge in [-0.15, -0.1) is 0 Å². The van der Waals surface area contributed by atoms with Gasteiger partial charge >= 0.3 is 0 Å². The first-order valence-corrected chi connectivity index (χ1v) is 23.9. The summed E-state index contributed by atoms with van der Waals surface area (Å²) in [5, 5.41) is 25.4. The molecule has 6 N–H and O–H groups in total. The summed E-state index contributed by atoms with van der Waals surface area (Å²) in [6.45, 7) is 2.76. The van der Waals surface area contributed by atoms with Gasteiger partial charge in [0.25, 0.3) is 11.8 Å². The molecule has 65 heavy (non-hydrogen) atoms. The van der Waals surface area contributed by atoms with Gasteiger partial charge in [0, 0.05) is 60.0 Å². The van der Waals surface area contributed by atoms with E-state index in [0.29, 0.717) is 58.5 Å². The van der Waals surface area contributed by atoms with Gasteiger partial charge in [-0.25, -0.2) is 36.5 Å². The monoisotopic (exact) mass is 960 g/mol. The summed E-state index contributed by atoms with van der Waals surface area (Å²) in [5.41, 5.74) is 2.83. The Hall–Kier alpha value is -6.42. The van der Waals surface area contributed by atoms with Crippen LogP contribution < -0.4 is 20.9 Å². The first-order chi connectivity index (χ1) is 30.9.